The number of nitrogens with zero attached hydrogens (tertiary/aromatic N) is 1. The van der Waals surface area contributed by atoms with Crippen LogP contribution in [0.1, 0.15) is 11.1 Å². The number of carbonyl (C=O) groups excluding carboxylic acids is 2. The molecule has 0 unspecified atom stereocenters. The van der Waals surface area contributed by atoms with Crippen molar-refractivity contribution in [1.82, 2.24) is 0 Å². The van der Waals surface area contributed by atoms with E-state index < -0.39 is 81.9 Å². The lowest BCUT2D eigenvalue weighted by molar-refractivity contribution is -0.123. The average Bonchev–Trinajstić information content (AvgIpc) is 3.54. The summed E-state index contributed by atoms with van der Waals surface area (Å²) in [4.78, 5) is 26.9. The Hall–Kier alpha value is -4.21. The van der Waals surface area contributed by atoms with E-state index in [2.05, 4.69) is 0 Å². The Morgan fingerprint density at radius 1 is 0.553 bits per heavy atom. The van der Waals surface area contributed by atoms with E-state index in [0.29, 0.717) is 22.3 Å². The molecule has 10 heteroatoms. The maximum absolute atomic E-state index is 14.5. The summed E-state index contributed by atoms with van der Waals surface area (Å²) in [6.45, 7) is 0. The number of halogens is 7. The first-order valence-corrected chi connectivity index (χ1v) is 11.4. The molecule has 3 aromatic carbocycles. The van der Waals surface area contributed by atoms with Gasteiger partial charge >= 0.3 is 0 Å². The molecule has 2 amide bonds. The summed E-state index contributed by atoms with van der Waals surface area (Å²) in [5, 5.41) is 0. The predicted molar refractivity (Wildman–Crippen MR) is 121 cm³/mol. The molecule has 3 nitrogen and oxygen atoms in total. The van der Waals surface area contributed by atoms with Gasteiger partial charge in [-0.15, -0.1) is 0 Å². The molecule has 0 spiro atoms. The lowest BCUT2D eigenvalue weighted by Crippen LogP contribution is -2.35. The topological polar surface area (TPSA) is 37.4 Å². The second-order valence-corrected chi connectivity index (χ2v) is 9.26. The molecule has 1 saturated carbocycles. The number of amides is 2. The number of hydrogen-bond donors (Lipinski definition) is 0. The highest BCUT2D eigenvalue weighted by molar-refractivity contribution is 6.23. The summed E-state index contributed by atoms with van der Waals surface area (Å²) in [6, 6.07) is 10.8. The Kier molecular flexibility index (Phi) is 5.34. The van der Waals surface area contributed by atoms with Gasteiger partial charge in [-0.1, -0.05) is 36.4 Å². The highest BCUT2D eigenvalue weighted by atomic mass is 19.2. The molecule has 4 atom stereocenters. The first kappa shape index (κ1) is 24.1. The number of anilines is 1. The van der Waals surface area contributed by atoms with Crippen LogP contribution < -0.4 is 4.90 Å². The third-order valence-corrected chi connectivity index (χ3v) is 7.38. The normalized spacial score (nSPS) is 23.6. The van der Waals surface area contributed by atoms with Crippen molar-refractivity contribution < 1.29 is 40.3 Å². The fraction of sp³-hybridized carbons (Fsp3) is 0.143. The van der Waals surface area contributed by atoms with Crippen LogP contribution in [0, 0.1) is 64.4 Å². The van der Waals surface area contributed by atoms with Crippen molar-refractivity contribution in [3.8, 4) is 0 Å². The smallest absolute Gasteiger partial charge is 0.238 e. The maximum Gasteiger partial charge on any atom is 0.238 e. The molecule has 0 N–H and O–H groups in total. The maximum atomic E-state index is 14.5. The molecular formula is C28H14F7NO2. The Morgan fingerprint density at radius 2 is 0.921 bits per heavy atom. The Morgan fingerprint density at radius 3 is 1.32 bits per heavy atom. The minimum absolute atomic E-state index is 0.0465. The molecule has 0 aromatic heterocycles. The van der Waals surface area contributed by atoms with Crippen molar-refractivity contribution in [3.05, 3.63) is 118 Å². The molecule has 1 saturated heterocycles. The molecule has 3 aliphatic rings. The molecule has 192 valence electrons. The van der Waals surface area contributed by atoms with Gasteiger partial charge in [-0.05, 0) is 46.5 Å². The number of benzene rings is 3. The standard InChI is InChI=1S/C28H14F7NO2/c29-13-5-1-11(2-6-13)17(12-3-7-14(30)8-4-12)18-15-9-10-16(18)20-19(15)27(37)36(28(20)38)26-24(34)22(32)21(31)23(33)25(26)35/h1-10,15-16,19-20H/t15-,16-,19-,20+/m0/s1. The van der Waals surface area contributed by atoms with Gasteiger partial charge in [-0.2, -0.15) is 0 Å². The number of rotatable bonds is 3. The van der Waals surface area contributed by atoms with Crippen LogP contribution in [-0.4, -0.2) is 11.8 Å². The Bertz CT molecular complexity index is 1480. The lowest BCUT2D eigenvalue weighted by atomic mass is 9.85. The van der Waals surface area contributed by atoms with Crippen molar-refractivity contribution in [2.75, 3.05) is 4.90 Å². The van der Waals surface area contributed by atoms with Crippen molar-refractivity contribution in [1.29, 1.82) is 0 Å². The molecule has 0 radical (unpaired) electrons. The molecule has 6 rings (SSSR count). The van der Waals surface area contributed by atoms with Gasteiger partial charge in [0.05, 0.1) is 11.8 Å². The van der Waals surface area contributed by atoms with Crippen LogP contribution in [0.4, 0.5) is 36.4 Å². The quantitative estimate of drug-likeness (QED) is 0.136. The van der Waals surface area contributed by atoms with E-state index in [1.165, 1.54) is 48.5 Å². The van der Waals surface area contributed by atoms with Crippen molar-refractivity contribution in [3.63, 3.8) is 0 Å². The van der Waals surface area contributed by atoms with Crippen LogP contribution in [0.25, 0.3) is 5.57 Å². The zero-order chi connectivity index (χ0) is 27.0. The van der Waals surface area contributed by atoms with Gasteiger partial charge in [0, 0.05) is 11.8 Å². The average molecular weight is 529 g/mol. The Labute approximate surface area is 210 Å². The molecule has 1 heterocycles. The van der Waals surface area contributed by atoms with Crippen LogP contribution in [0.3, 0.4) is 0 Å². The van der Waals surface area contributed by atoms with Crippen molar-refractivity contribution in [2.45, 2.75) is 0 Å². The number of imide groups is 1. The summed E-state index contributed by atoms with van der Waals surface area (Å²) < 4.78 is 97.8. The summed E-state index contributed by atoms with van der Waals surface area (Å²) >= 11 is 0. The Balaban J connectivity index is 1.50. The summed E-state index contributed by atoms with van der Waals surface area (Å²) in [6.07, 6.45) is 3.28. The van der Waals surface area contributed by atoms with Crippen LogP contribution in [0.5, 0.6) is 0 Å². The highest BCUT2D eigenvalue weighted by Gasteiger charge is 2.63. The van der Waals surface area contributed by atoms with Gasteiger partial charge in [-0.3, -0.25) is 9.59 Å². The van der Waals surface area contributed by atoms with Gasteiger partial charge in [0.15, 0.2) is 23.3 Å². The second-order valence-electron chi connectivity index (χ2n) is 9.26. The van der Waals surface area contributed by atoms with Crippen molar-refractivity contribution in [2.24, 2.45) is 23.7 Å². The molecular weight excluding hydrogens is 515 g/mol. The molecule has 3 aromatic rings. The fourth-order valence-electron chi connectivity index (χ4n) is 5.84. The van der Waals surface area contributed by atoms with E-state index in [4.69, 9.17) is 0 Å². The first-order valence-electron chi connectivity index (χ1n) is 11.4. The minimum atomic E-state index is -2.40. The van der Waals surface area contributed by atoms with Gasteiger partial charge < -0.3 is 0 Å². The predicted octanol–water partition coefficient (Wildman–Crippen LogP) is 6.08. The van der Waals surface area contributed by atoms with Gasteiger partial charge in [0.2, 0.25) is 17.6 Å². The molecule has 2 fully saturated rings. The second kappa shape index (κ2) is 8.41. The van der Waals surface area contributed by atoms with E-state index in [0.717, 1.165) is 0 Å². The molecule has 1 aliphatic heterocycles. The highest BCUT2D eigenvalue weighted by Crippen LogP contribution is 2.59. The molecule has 2 aliphatic carbocycles. The zero-order valence-corrected chi connectivity index (χ0v) is 19.0. The van der Waals surface area contributed by atoms with E-state index in [9.17, 15) is 40.3 Å². The van der Waals surface area contributed by atoms with Crippen molar-refractivity contribution >= 4 is 23.1 Å². The van der Waals surface area contributed by atoms with Gasteiger partial charge in [0.1, 0.15) is 17.3 Å². The monoisotopic (exact) mass is 529 g/mol. The minimum Gasteiger partial charge on any atom is -0.274 e. The number of hydrogen-bond acceptors (Lipinski definition) is 2. The van der Waals surface area contributed by atoms with Crippen LogP contribution in [0.2, 0.25) is 0 Å². The van der Waals surface area contributed by atoms with E-state index in [1.54, 1.807) is 12.2 Å². The first-order chi connectivity index (χ1) is 18.1. The van der Waals surface area contributed by atoms with E-state index >= 15 is 0 Å². The number of fused-ring (bicyclic) bond motifs is 5. The number of carbonyl (C=O) groups is 2. The van der Waals surface area contributed by atoms with E-state index in [1.807, 2.05) is 0 Å². The van der Waals surface area contributed by atoms with Gasteiger partial charge in [0.25, 0.3) is 0 Å². The zero-order valence-electron chi connectivity index (χ0n) is 19.0. The fourth-order valence-corrected chi connectivity index (χ4v) is 5.84. The van der Waals surface area contributed by atoms with Crippen LogP contribution in [0.15, 0.2) is 66.3 Å². The third-order valence-electron chi connectivity index (χ3n) is 7.38. The third kappa shape index (κ3) is 3.22. The number of allylic oxidation sites excluding steroid dienone is 3. The molecule has 38 heavy (non-hydrogen) atoms. The largest absolute Gasteiger partial charge is 0.274 e. The van der Waals surface area contributed by atoms with E-state index in [-0.39, 0.29) is 4.90 Å². The molecule has 2 bridgehead atoms. The summed E-state index contributed by atoms with van der Waals surface area (Å²) in [5.74, 6) is -18.6. The lowest BCUT2D eigenvalue weighted by Gasteiger charge is -2.22. The van der Waals surface area contributed by atoms with Crippen LogP contribution in [-0.2, 0) is 9.59 Å². The SMILES string of the molecule is O=C1[C@@H]2[C@H](C(=O)N1c1c(F)c(F)c(F)c(F)c1F)[C@H]1C=C[C@H]2C1=C(c1ccc(F)cc1)c1ccc(F)cc1. The summed E-state index contributed by atoms with van der Waals surface area (Å²) in [5.41, 5.74) is 0.527. The van der Waals surface area contributed by atoms with Gasteiger partial charge in [-0.25, -0.2) is 35.6 Å². The summed E-state index contributed by atoms with van der Waals surface area (Å²) in [7, 11) is 0. The van der Waals surface area contributed by atoms with Crippen LogP contribution >= 0.6 is 0 Å².